The fourth-order valence-electron chi connectivity index (χ4n) is 1.92. The molecule has 0 saturated carbocycles. The van der Waals surface area contributed by atoms with Crippen LogP contribution in [0.25, 0.3) is 22.2 Å². The molecular weight excluding hydrogens is 204 g/mol. The predicted molar refractivity (Wildman–Crippen MR) is 55.8 cm³/mol. The number of H-pyrrole nitrogens is 1. The highest BCUT2D eigenvalue weighted by atomic mass is 15.6. The maximum atomic E-state index is 4.39. The monoisotopic (exact) mass is 211 g/mol. The van der Waals surface area contributed by atoms with Gasteiger partial charge in [-0.2, -0.15) is 5.10 Å². The van der Waals surface area contributed by atoms with E-state index in [4.69, 9.17) is 0 Å². The molecule has 6 heteroatoms. The quantitative estimate of drug-likeness (QED) is 0.427. The Morgan fingerprint density at radius 3 is 3.25 bits per heavy atom. The third kappa shape index (κ3) is 0.813. The lowest BCUT2D eigenvalue weighted by Crippen LogP contribution is -2.27. The normalized spacial score (nSPS) is 11.8. The zero-order chi connectivity index (χ0) is 10.5. The number of hydrogen-bond acceptors (Lipinski definition) is 3. The Morgan fingerprint density at radius 2 is 2.25 bits per heavy atom. The van der Waals surface area contributed by atoms with Gasteiger partial charge in [-0.1, -0.05) is 0 Å². The lowest BCUT2D eigenvalue weighted by atomic mass is 10.4. The van der Waals surface area contributed by atoms with Gasteiger partial charge in [0.1, 0.15) is 0 Å². The van der Waals surface area contributed by atoms with E-state index in [0.29, 0.717) is 0 Å². The van der Waals surface area contributed by atoms with Crippen LogP contribution < -0.4 is 4.52 Å². The largest absolute Gasteiger partial charge is 0.295 e. The van der Waals surface area contributed by atoms with Crippen molar-refractivity contribution in [3.63, 3.8) is 0 Å². The van der Waals surface area contributed by atoms with E-state index in [9.17, 15) is 0 Å². The first-order valence-electron chi connectivity index (χ1n) is 4.91. The molecule has 6 nitrogen and oxygen atoms in total. The molecule has 0 aliphatic rings. The lowest BCUT2D eigenvalue weighted by molar-refractivity contribution is -0.575. The van der Waals surface area contributed by atoms with Crippen molar-refractivity contribution >= 4 is 22.2 Å². The van der Waals surface area contributed by atoms with E-state index in [1.165, 1.54) is 0 Å². The first-order chi connectivity index (χ1) is 7.93. The summed E-state index contributed by atoms with van der Waals surface area (Å²) < 4.78 is 3.59. The van der Waals surface area contributed by atoms with Gasteiger partial charge in [0, 0.05) is 10.9 Å². The summed E-state index contributed by atoms with van der Waals surface area (Å²) in [6, 6.07) is 5.74. The van der Waals surface area contributed by atoms with Gasteiger partial charge in [0.15, 0.2) is 11.0 Å². The zero-order valence-corrected chi connectivity index (χ0v) is 8.20. The average Bonchev–Trinajstić information content (AvgIpc) is 2.83. The van der Waals surface area contributed by atoms with Crippen LogP contribution >= 0.6 is 0 Å². The molecule has 0 amide bonds. The Labute approximate surface area is 89.1 Å². The molecule has 0 aliphatic carbocycles. The summed E-state index contributed by atoms with van der Waals surface area (Å²) in [6.45, 7) is 0. The SMILES string of the molecule is c1cnc2c(c1)nn1[nH]c3cnccc3[n+]21. The molecule has 4 aromatic rings. The van der Waals surface area contributed by atoms with Gasteiger partial charge in [-0.3, -0.25) is 4.98 Å². The average molecular weight is 211 g/mol. The van der Waals surface area contributed by atoms with Gasteiger partial charge in [-0.05, 0) is 23.3 Å². The second-order valence-electron chi connectivity index (χ2n) is 3.55. The molecule has 4 rings (SSSR count). The van der Waals surface area contributed by atoms with Gasteiger partial charge >= 0.3 is 0 Å². The van der Waals surface area contributed by atoms with Gasteiger partial charge < -0.3 is 0 Å². The number of aromatic nitrogens is 6. The van der Waals surface area contributed by atoms with Crippen LogP contribution in [0.15, 0.2) is 36.8 Å². The number of aromatic amines is 1. The van der Waals surface area contributed by atoms with E-state index >= 15 is 0 Å². The van der Waals surface area contributed by atoms with E-state index in [2.05, 4.69) is 20.2 Å². The van der Waals surface area contributed by atoms with Crippen molar-refractivity contribution < 1.29 is 4.52 Å². The number of nitrogens with zero attached hydrogens (tertiary/aromatic N) is 5. The number of fused-ring (bicyclic) bond motifs is 5. The maximum absolute atomic E-state index is 4.39. The van der Waals surface area contributed by atoms with Crippen molar-refractivity contribution in [3.8, 4) is 0 Å². The van der Waals surface area contributed by atoms with Crippen molar-refractivity contribution in [3.05, 3.63) is 36.8 Å². The van der Waals surface area contributed by atoms with Crippen LogP contribution in [0.2, 0.25) is 0 Å². The van der Waals surface area contributed by atoms with E-state index in [0.717, 1.165) is 22.2 Å². The minimum Gasteiger partial charge on any atom is -0.261 e. The Bertz CT molecular complexity index is 746. The molecule has 76 valence electrons. The highest BCUT2D eigenvalue weighted by Crippen LogP contribution is 2.08. The van der Waals surface area contributed by atoms with Crippen molar-refractivity contribution in [2.24, 2.45) is 0 Å². The zero-order valence-electron chi connectivity index (χ0n) is 8.20. The smallest absolute Gasteiger partial charge is 0.261 e. The summed E-state index contributed by atoms with van der Waals surface area (Å²) in [4.78, 5) is 8.39. The van der Waals surface area contributed by atoms with Crippen LogP contribution in [-0.2, 0) is 0 Å². The first-order valence-corrected chi connectivity index (χ1v) is 4.91. The Kier molecular flexibility index (Phi) is 1.23. The molecule has 1 N–H and O–H groups in total. The lowest BCUT2D eigenvalue weighted by Gasteiger charge is -1.83. The van der Waals surface area contributed by atoms with Crippen molar-refractivity contribution in [2.45, 2.75) is 0 Å². The molecule has 0 aromatic carbocycles. The van der Waals surface area contributed by atoms with Crippen LogP contribution in [0, 0.1) is 0 Å². The molecule has 0 fully saturated rings. The third-order valence-electron chi connectivity index (χ3n) is 2.61. The molecule has 0 bridgehead atoms. The van der Waals surface area contributed by atoms with Crippen LogP contribution in [0.3, 0.4) is 0 Å². The summed E-state index contributed by atoms with van der Waals surface area (Å²) in [7, 11) is 0. The molecule has 4 aromatic heterocycles. The standard InChI is InChI=1S/C10H7N6/c1-2-7-10(12-4-1)15-9-3-5-11-6-8(9)14-16(15)13-7/h1-6H,(H,13,14)/q+1. The summed E-state index contributed by atoms with van der Waals surface area (Å²) in [6.07, 6.45) is 5.29. The molecule has 0 unspecified atom stereocenters. The van der Waals surface area contributed by atoms with E-state index in [1.807, 2.05) is 22.7 Å². The second kappa shape index (κ2) is 2.54. The molecule has 0 radical (unpaired) electrons. The Morgan fingerprint density at radius 1 is 1.25 bits per heavy atom. The molecule has 0 spiro atoms. The number of hydrogen-bond donors (Lipinski definition) is 1. The summed E-state index contributed by atoms with van der Waals surface area (Å²) in [5, 5.41) is 7.52. The van der Waals surface area contributed by atoms with E-state index in [-0.39, 0.29) is 0 Å². The molecular formula is C10H7N6+. The summed E-state index contributed by atoms with van der Waals surface area (Å²) in [5.74, 6) is 0. The topological polar surface area (TPSA) is 63.0 Å². The Balaban J connectivity index is 2.38. The summed E-state index contributed by atoms with van der Waals surface area (Å²) in [5.41, 5.74) is 3.64. The maximum Gasteiger partial charge on any atom is 0.295 e. The fraction of sp³-hybridized carbons (Fsp3) is 0. The van der Waals surface area contributed by atoms with Crippen LogP contribution in [0.4, 0.5) is 0 Å². The molecule has 0 aliphatic heterocycles. The van der Waals surface area contributed by atoms with Gasteiger partial charge in [-0.15, -0.1) is 9.50 Å². The molecule has 4 heterocycles. The predicted octanol–water partition coefficient (Wildman–Crippen LogP) is 0.344. The van der Waals surface area contributed by atoms with Gasteiger partial charge in [0.05, 0.1) is 12.4 Å². The Hall–Kier alpha value is -2.50. The number of rotatable bonds is 0. The number of nitrogens with one attached hydrogen (secondary N) is 1. The molecule has 16 heavy (non-hydrogen) atoms. The van der Waals surface area contributed by atoms with E-state index < -0.39 is 0 Å². The van der Waals surface area contributed by atoms with Crippen molar-refractivity contribution in [1.82, 2.24) is 24.9 Å². The summed E-state index contributed by atoms with van der Waals surface area (Å²) >= 11 is 0. The first kappa shape index (κ1) is 7.75. The highest BCUT2D eigenvalue weighted by molar-refractivity contribution is 5.72. The molecule has 0 saturated heterocycles. The van der Waals surface area contributed by atoms with Crippen LogP contribution in [-0.4, -0.2) is 24.9 Å². The van der Waals surface area contributed by atoms with Crippen LogP contribution in [0.1, 0.15) is 0 Å². The molecule has 0 atom stereocenters. The second-order valence-corrected chi connectivity index (χ2v) is 3.55. The van der Waals surface area contributed by atoms with E-state index in [1.54, 1.807) is 23.3 Å². The highest BCUT2D eigenvalue weighted by Gasteiger charge is 2.16. The number of pyridine rings is 2. The van der Waals surface area contributed by atoms with Gasteiger partial charge in [-0.25, -0.2) is 0 Å². The minimum atomic E-state index is 0.833. The third-order valence-corrected chi connectivity index (χ3v) is 2.61. The minimum absolute atomic E-state index is 0.833. The fourth-order valence-corrected chi connectivity index (χ4v) is 1.92. The van der Waals surface area contributed by atoms with Crippen LogP contribution in [0.5, 0.6) is 0 Å². The van der Waals surface area contributed by atoms with Crippen molar-refractivity contribution in [1.29, 1.82) is 0 Å². The van der Waals surface area contributed by atoms with Crippen molar-refractivity contribution in [2.75, 3.05) is 0 Å². The van der Waals surface area contributed by atoms with Gasteiger partial charge in [0.25, 0.3) is 5.65 Å². The van der Waals surface area contributed by atoms with Gasteiger partial charge in [0.2, 0.25) is 5.52 Å².